The van der Waals surface area contributed by atoms with E-state index in [9.17, 15) is 0 Å². The molecule has 1 rings (SSSR count). The maximum Gasteiger partial charge on any atom is 1.00 e. The molecule has 1 unspecified atom stereocenters. The third-order valence-corrected chi connectivity index (χ3v) is 0.800. The maximum absolute atomic E-state index is 8.74. The van der Waals surface area contributed by atoms with Crippen LogP contribution in [0.25, 0.3) is 0 Å². The molecule has 0 aliphatic heterocycles. The van der Waals surface area contributed by atoms with Gasteiger partial charge in [-0.15, -0.1) is 0 Å². The first-order chi connectivity index (χ1) is 7.13. The van der Waals surface area contributed by atoms with Gasteiger partial charge in [0, 0.05) is 5.69 Å². The van der Waals surface area contributed by atoms with E-state index in [4.69, 9.17) is 36.6 Å². The quantitative estimate of drug-likeness (QED) is 0.170. The van der Waals surface area contributed by atoms with E-state index in [0.717, 1.165) is 5.69 Å². The van der Waals surface area contributed by atoms with Crippen molar-refractivity contribution in [1.29, 1.82) is 0 Å². The van der Waals surface area contributed by atoms with Gasteiger partial charge >= 0.3 is 40.0 Å². The van der Waals surface area contributed by atoms with Crippen molar-refractivity contribution >= 4 is 27.4 Å². The second-order valence-electron chi connectivity index (χ2n) is 2.08. The van der Waals surface area contributed by atoms with E-state index in [-0.39, 0.29) is 29.6 Å². The molecule has 94 valence electrons. The van der Waals surface area contributed by atoms with Gasteiger partial charge in [-0.05, 0) is 12.1 Å². The van der Waals surface area contributed by atoms with E-state index >= 15 is 0 Å². The summed E-state index contributed by atoms with van der Waals surface area (Å²) in [5.74, 6) is 0. The number of para-hydroxylation sites is 1. The van der Waals surface area contributed by atoms with Gasteiger partial charge in [-0.3, -0.25) is 9.11 Å². The number of benzene rings is 1. The average molecular weight is 295 g/mol. The molecule has 1 aromatic rings. The van der Waals surface area contributed by atoms with E-state index in [1.54, 1.807) is 0 Å². The van der Waals surface area contributed by atoms with Gasteiger partial charge in [0.2, 0.25) is 0 Å². The van der Waals surface area contributed by atoms with Crippen LogP contribution in [0.15, 0.2) is 30.3 Å². The molecule has 0 heterocycles. The SMILES string of the molecule is Nc1ccccc1.O=S(=O)(O)O.O=S([O-])O.[Na+]. The van der Waals surface area contributed by atoms with Gasteiger partial charge in [0.1, 0.15) is 0 Å². The molecule has 0 aromatic heterocycles. The van der Waals surface area contributed by atoms with Gasteiger partial charge in [0.25, 0.3) is 0 Å². The second-order valence-corrected chi connectivity index (χ2v) is 3.41. The zero-order valence-corrected chi connectivity index (χ0v) is 12.4. The summed E-state index contributed by atoms with van der Waals surface area (Å²) in [4.78, 5) is 0. The average Bonchev–Trinajstić information content (AvgIpc) is 2.00. The number of hydrogen-bond acceptors (Lipinski definition) is 5. The normalized spacial score (nSPS) is 10.6. The number of nitrogen functional groups attached to an aromatic ring is 1. The van der Waals surface area contributed by atoms with Crippen molar-refractivity contribution < 1.29 is 60.4 Å². The molecule has 0 amide bonds. The molecular formula is C6H10NNaO7S2. The summed E-state index contributed by atoms with van der Waals surface area (Å²) < 4.78 is 55.7. The largest absolute Gasteiger partial charge is 1.00 e. The topological polar surface area (TPSA) is 161 Å². The molecule has 0 spiro atoms. The Morgan fingerprint density at radius 3 is 1.53 bits per heavy atom. The summed E-state index contributed by atoms with van der Waals surface area (Å²) in [6.45, 7) is 0. The third kappa shape index (κ3) is 49.1. The summed E-state index contributed by atoms with van der Waals surface area (Å²) in [6.07, 6.45) is 0. The first kappa shape index (κ1) is 22.2. The van der Waals surface area contributed by atoms with E-state index in [1.165, 1.54) is 0 Å². The first-order valence-corrected chi connectivity index (χ1v) is 5.84. The minimum Gasteiger partial charge on any atom is -0.750 e. The number of nitrogens with two attached hydrogens (primary N) is 1. The first-order valence-electron chi connectivity index (χ1n) is 3.41. The molecule has 17 heavy (non-hydrogen) atoms. The van der Waals surface area contributed by atoms with Gasteiger partial charge in [-0.25, -0.2) is 4.21 Å². The van der Waals surface area contributed by atoms with E-state index in [1.807, 2.05) is 30.3 Å². The molecular weight excluding hydrogens is 285 g/mol. The zero-order chi connectivity index (χ0) is 13.2. The minimum atomic E-state index is -4.67. The number of rotatable bonds is 0. The van der Waals surface area contributed by atoms with Crippen LogP contribution in [0.5, 0.6) is 0 Å². The fourth-order valence-electron chi connectivity index (χ4n) is 0.453. The van der Waals surface area contributed by atoms with Crippen molar-refractivity contribution in [3.8, 4) is 0 Å². The second kappa shape index (κ2) is 12.4. The van der Waals surface area contributed by atoms with Crippen LogP contribution in [0, 0.1) is 0 Å². The van der Waals surface area contributed by atoms with Crippen molar-refractivity contribution in [2.75, 3.05) is 5.73 Å². The van der Waals surface area contributed by atoms with Gasteiger partial charge in [0.05, 0.1) is 11.4 Å². The minimum absolute atomic E-state index is 0. The Labute approximate surface area is 123 Å². The fourth-order valence-corrected chi connectivity index (χ4v) is 0.453. The smallest absolute Gasteiger partial charge is 0.750 e. The van der Waals surface area contributed by atoms with Crippen LogP contribution in [-0.4, -0.2) is 30.8 Å². The number of anilines is 1. The van der Waals surface area contributed by atoms with E-state index in [2.05, 4.69) is 0 Å². The van der Waals surface area contributed by atoms with Gasteiger partial charge < -0.3 is 14.8 Å². The Balaban J connectivity index is -0.000000177. The zero-order valence-electron chi connectivity index (χ0n) is 8.76. The van der Waals surface area contributed by atoms with E-state index < -0.39 is 21.8 Å². The fraction of sp³-hybridized carbons (Fsp3) is 0. The molecule has 0 saturated heterocycles. The summed E-state index contributed by atoms with van der Waals surface area (Å²) >= 11 is -2.86. The summed E-state index contributed by atoms with van der Waals surface area (Å²) in [6, 6.07) is 9.49. The van der Waals surface area contributed by atoms with Gasteiger partial charge in [0.15, 0.2) is 0 Å². The van der Waals surface area contributed by atoms with Crippen molar-refractivity contribution in [3.05, 3.63) is 30.3 Å². The van der Waals surface area contributed by atoms with Crippen LogP contribution in [0.2, 0.25) is 0 Å². The molecule has 0 aliphatic carbocycles. The van der Waals surface area contributed by atoms with Crippen LogP contribution in [-0.2, 0) is 21.8 Å². The Hall–Kier alpha value is -0.0400. The Bertz CT molecular complexity index is 384. The summed E-state index contributed by atoms with van der Waals surface area (Å²) in [5, 5.41) is 0. The predicted octanol–water partition coefficient (Wildman–Crippen LogP) is -3.04. The maximum atomic E-state index is 8.74. The molecule has 5 N–H and O–H groups in total. The van der Waals surface area contributed by atoms with Gasteiger partial charge in [-0.2, -0.15) is 8.42 Å². The van der Waals surface area contributed by atoms with E-state index in [0.29, 0.717) is 0 Å². The van der Waals surface area contributed by atoms with Crippen LogP contribution < -0.4 is 35.3 Å². The predicted molar refractivity (Wildman–Crippen MR) is 56.6 cm³/mol. The molecule has 0 aliphatic rings. The van der Waals surface area contributed by atoms with Gasteiger partial charge in [-0.1, -0.05) is 18.2 Å². The number of hydrogen-bond donors (Lipinski definition) is 4. The standard InChI is InChI=1S/C6H7N.Na.H2O4S.H2O3S/c7-6-4-2-1-3-5-6;;1-5(2,3)4;1-4(2)3/h1-5H,7H2;;(H2,1,2,3,4);(H2,1,2,3)/q;+1;;/p-1. The van der Waals surface area contributed by atoms with Crippen molar-refractivity contribution in [2.24, 2.45) is 0 Å². The monoisotopic (exact) mass is 295 g/mol. The van der Waals surface area contributed by atoms with Crippen molar-refractivity contribution in [1.82, 2.24) is 0 Å². The molecule has 0 fully saturated rings. The van der Waals surface area contributed by atoms with Crippen LogP contribution in [0.1, 0.15) is 0 Å². The van der Waals surface area contributed by atoms with Crippen LogP contribution in [0.3, 0.4) is 0 Å². The molecule has 11 heteroatoms. The molecule has 1 aromatic carbocycles. The molecule has 8 nitrogen and oxygen atoms in total. The molecule has 0 saturated carbocycles. The third-order valence-electron chi connectivity index (χ3n) is 0.800. The summed E-state index contributed by atoms with van der Waals surface area (Å²) in [7, 11) is -4.67. The Kier molecular flexibility index (Phi) is 16.2. The van der Waals surface area contributed by atoms with Crippen LogP contribution in [0.4, 0.5) is 5.69 Å². The van der Waals surface area contributed by atoms with Crippen LogP contribution >= 0.6 is 0 Å². The molecule has 1 atom stereocenters. The van der Waals surface area contributed by atoms with Crippen molar-refractivity contribution in [3.63, 3.8) is 0 Å². The Morgan fingerprint density at radius 1 is 1.18 bits per heavy atom. The molecule has 0 radical (unpaired) electrons. The summed E-state index contributed by atoms with van der Waals surface area (Å²) in [5.41, 5.74) is 6.18. The Morgan fingerprint density at radius 2 is 1.41 bits per heavy atom. The van der Waals surface area contributed by atoms with Crippen molar-refractivity contribution in [2.45, 2.75) is 0 Å². The molecule has 0 bridgehead atoms.